The number of nitrogens with one attached hydrogen (secondary N) is 1. The maximum absolute atomic E-state index is 13.2. The fraction of sp³-hybridized carbons (Fsp3) is 0.444. The molecule has 0 saturated carbocycles. The van der Waals surface area contributed by atoms with E-state index in [1.54, 1.807) is 6.92 Å². The van der Waals surface area contributed by atoms with Gasteiger partial charge in [-0.15, -0.1) is 0 Å². The van der Waals surface area contributed by atoms with Gasteiger partial charge in [-0.25, -0.2) is 9.59 Å². The number of hydrogen-bond donors (Lipinski definition) is 2. The highest BCUT2D eigenvalue weighted by atomic mass is 16.6. The summed E-state index contributed by atoms with van der Waals surface area (Å²) < 4.78 is 11.5. The molecular formula is C27H34N2O6. The topological polar surface area (TPSA) is 105 Å². The van der Waals surface area contributed by atoms with Crippen LogP contribution in [0.2, 0.25) is 0 Å². The molecule has 35 heavy (non-hydrogen) atoms. The molecule has 3 atom stereocenters. The van der Waals surface area contributed by atoms with Crippen LogP contribution >= 0.6 is 0 Å². The third-order valence-corrected chi connectivity index (χ3v) is 6.18. The molecule has 1 aliphatic rings. The number of alkyl carbamates (subject to hydrolysis) is 1. The zero-order valence-electron chi connectivity index (χ0n) is 21.1. The van der Waals surface area contributed by atoms with Crippen LogP contribution in [0.15, 0.2) is 48.5 Å². The van der Waals surface area contributed by atoms with Crippen molar-refractivity contribution in [2.75, 3.05) is 13.7 Å². The third kappa shape index (κ3) is 6.00. The van der Waals surface area contributed by atoms with Crippen LogP contribution in [0.5, 0.6) is 0 Å². The summed E-state index contributed by atoms with van der Waals surface area (Å²) in [6.45, 7) is 8.67. The van der Waals surface area contributed by atoms with E-state index in [9.17, 15) is 19.5 Å². The number of carboxylic acid groups (broad SMARTS) is 1. The first-order chi connectivity index (χ1) is 16.4. The lowest BCUT2D eigenvalue weighted by Gasteiger charge is -2.33. The van der Waals surface area contributed by atoms with Crippen LogP contribution in [-0.4, -0.2) is 65.4 Å². The van der Waals surface area contributed by atoms with Gasteiger partial charge < -0.3 is 24.8 Å². The number of likely N-dealkylation sites (N-methyl/N-ethyl adjacent to an activating group) is 1. The Balaban J connectivity index is 1.75. The predicted octanol–water partition coefficient (Wildman–Crippen LogP) is 4.03. The Morgan fingerprint density at radius 3 is 2.00 bits per heavy atom. The first kappa shape index (κ1) is 26.2. The second kappa shape index (κ2) is 10.5. The van der Waals surface area contributed by atoms with E-state index in [1.807, 2.05) is 69.3 Å². The highest BCUT2D eigenvalue weighted by molar-refractivity contribution is 5.89. The normalized spacial score (nSPS) is 15.4. The molecular weight excluding hydrogens is 448 g/mol. The molecule has 0 saturated heterocycles. The van der Waals surface area contributed by atoms with Crippen molar-refractivity contribution in [2.24, 2.45) is 0 Å². The summed E-state index contributed by atoms with van der Waals surface area (Å²) in [5, 5.41) is 11.9. The van der Waals surface area contributed by atoms with E-state index in [2.05, 4.69) is 5.32 Å². The molecule has 0 fully saturated rings. The standard InChI is InChI=1S/C27H34N2O6/c1-16(25(31)32)29(6)24(30)23(17(2)35-27(3,4)5)28-26(33)34-15-22-20-13-9-7-11-18(20)19-12-8-10-14-21(19)22/h7-14,16-17,22-23H,15H2,1-6H3,(H,28,33)(H,31,32)/t16?,17-,23+/m1/s1. The number of benzene rings is 2. The Morgan fingerprint density at radius 1 is 1.00 bits per heavy atom. The van der Waals surface area contributed by atoms with Gasteiger partial charge in [0.05, 0.1) is 11.7 Å². The van der Waals surface area contributed by atoms with Crippen molar-refractivity contribution in [2.45, 2.75) is 64.3 Å². The summed E-state index contributed by atoms with van der Waals surface area (Å²) in [6.07, 6.45) is -1.50. The van der Waals surface area contributed by atoms with Gasteiger partial charge in [-0.1, -0.05) is 48.5 Å². The van der Waals surface area contributed by atoms with Crippen LogP contribution in [0.4, 0.5) is 4.79 Å². The van der Waals surface area contributed by atoms with Crippen LogP contribution in [0.25, 0.3) is 11.1 Å². The van der Waals surface area contributed by atoms with Gasteiger partial charge in [0.1, 0.15) is 18.7 Å². The maximum atomic E-state index is 13.2. The first-order valence-corrected chi connectivity index (χ1v) is 11.7. The number of fused-ring (bicyclic) bond motifs is 3. The monoisotopic (exact) mass is 482 g/mol. The molecule has 0 bridgehead atoms. The lowest BCUT2D eigenvalue weighted by atomic mass is 9.98. The summed E-state index contributed by atoms with van der Waals surface area (Å²) in [6, 6.07) is 13.8. The highest BCUT2D eigenvalue weighted by Crippen LogP contribution is 2.44. The lowest BCUT2D eigenvalue weighted by molar-refractivity contribution is -0.152. The first-order valence-electron chi connectivity index (χ1n) is 11.7. The molecule has 0 heterocycles. The molecule has 0 spiro atoms. The number of nitrogens with zero attached hydrogens (tertiary/aromatic N) is 1. The molecule has 2 aromatic rings. The number of aliphatic carboxylic acids is 1. The van der Waals surface area contributed by atoms with Crippen molar-refractivity contribution < 1.29 is 29.0 Å². The van der Waals surface area contributed by atoms with E-state index in [1.165, 1.54) is 14.0 Å². The molecule has 8 nitrogen and oxygen atoms in total. The summed E-state index contributed by atoms with van der Waals surface area (Å²) in [4.78, 5) is 38.5. The van der Waals surface area contributed by atoms with Crippen molar-refractivity contribution >= 4 is 18.0 Å². The van der Waals surface area contributed by atoms with Gasteiger partial charge in [0.25, 0.3) is 0 Å². The number of carboxylic acids is 1. The Kier molecular flexibility index (Phi) is 7.85. The van der Waals surface area contributed by atoms with Gasteiger partial charge in [0.2, 0.25) is 5.91 Å². The van der Waals surface area contributed by atoms with Gasteiger partial charge in [0, 0.05) is 13.0 Å². The Bertz CT molecular complexity index is 1050. The lowest BCUT2D eigenvalue weighted by Crippen LogP contribution is -2.57. The summed E-state index contributed by atoms with van der Waals surface area (Å²) in [5.41, 5.74) is 3.79. The van der Waals surface area contributed by atoms with E-state index in [-0.39, 0.29) is 12.5 Å². The second-order valence-electron chi connectivity index (χ2n) is 9.85. The summed E-state index contributed by atoms with van der Waals surface area (Å²) in [5.74, 6) is -1.85. The van der Waals surface area contributed by atoms with E-state index >= 15 is 0 Å². The van der Waals surface area contributed by atoms with Crippen molar-refractivity contribution in [1.29, 1.82) is 0 Å². The summed E-state index contributed by atoms with van der Waals surface area (Å²) >= 11 is 0. The Labute approximate surface area is 206 Å². The zero-order valence-corrected chi connectivity index (χ0v) is 21.1. The zero-order chi connectivity index (χ0) is 25.9. The van der Waals surface area contributed by atoms with Crippen LogP contribution < -0.4 is 5.32 Å². The quantitative estimate of drug-likeness (QED) is 0.589. The van der Waals surface area contributed by atoms with Crippen molar-refractivity contribution in [3.8, 4) is 11.1 Å². The van der Waals surface area contributed by atoms with Crippen molar-refractivity contribution in [3.05, 3.63) is 59.7 Å². The highest BCUT2D eigenvalue weighted by Gasteiger charge is 2.36. The van der Waals surface area contributed by atoms with Gasteiger partial charge in [-0.3, -0.25) is 4.79 Å². The SMILES string of the molecule is CC(C(=O)O)N(C)C(=O)[C@@H](NC(=O)OCC1c2ccccc2-c2ccccc21)[C@@H](C)OC(C)(C)C. The molecule has 0 radical (unpaired) electrons. The van der Waals surface area contributed by atoms with E-state index in [0.29, 0.717) is 0 Å². The van der Waals surface area contributed by atoms with Crippen molar-refractivity contribution in [3.63, 3.8) is 0 Å². The Morgan fingerprint density at radius 2 is 1.51 bits per heavy atom. The minimum absolute atomic E-state index is 0.0939. The third-order valence-electron chi connectivity index (χ3n) is 6.18. The number of amides is 2. The average molecular weight is 483 g/mol. The number of rotatable bonds is 8. The van der Waals surface area contributed by atoms with Crippen LogP contribution in [0, 0.1) is 0 Å². The van der Waals surface area contributed by atoms with E-state index < -0.39 is 41.8 Å². The number of carbonyl (C=O) groups excluding carboxylic acids is 2. The Hall–Kier alpha value is -3.39. The molecule has 2 aromatic carbocycles. The largest absolute Gasteiger partial charge is 0.480 e. The van der Waals surface area contributed by atoms with E-state index in [4.69, 9.17) is 9.47 Å². The van der Waals surface area contributed by atoms with Crippen molar-refractivity contribution in [1.82, 2.24) is 10.2 Å². The predicted molar refractivity (Wildman–Crippen MR) is 132 cm³/mol. The minimum atomic E-state index is -1.15. The minimum Gasteiger partial charge on any atom is -0.480 e. The summed E-state index contributed by atoms with van der Waals surface area (Å²) in [7, 11) is 1.39. The fourth-order valence-electron chi connectivity index (χ4n) is 4.35. The molecule has 0 aromatic heterocycles. The van der Waals surface area contributed by atoms with Crippen LogP contribution in [0.1, 0.15) is 51.7 Å². The van der Waals surface area contributed by atoms with Gasteiger partial charge in [-0.05, 0) is 56.9 Å². The number of ether oxygens (including phenoxy) is 2. The molecule has 8 heteroatoms. The fourth-order valence-corrected chi connectivity index (χ4v) is 4.35. The molecule has 1 unspecified atom stereocenters. The molecule has 2 amide bonds. The second-order valence-corrected chi connectivity index (χ2v) is 9.85. The molecule has 3 rings (SSSR count). The maximum Gasteiger partial charge on any atom is 0.407 e. The molecule has 188 valence electrons. The van der Waals surface area contributed by atoms with Crippen LogP contribution in [0.3, 0.4) is 0 Å². The smallest absolute Gasteiger partial charge is 0.407 e. The average Bonchev–Trinajstić information content (AvgIpc) is 3.12. The van der Waals surface area contributed by atoms with Crippen LogP contribution in [-0.2, 0) is 19.1 Å². The molecule has 2 N–H and O–H groups in total. The van der Waals surface area contributed by atoms with Gasteiger partial charge in [-0.2, -0.15) is 0 Å². The number of carbonyl (C=O) groups is 3. The van der Waals surface area contributed by atoms with Gasteiger partial charge >= 0.3 is 12.1 Å². The number of hydrogen-bond acceptors (Lipinski definition) is 5. The molecule has 1 aliphatic carbocycles. The van der Waals surface area contributed by atoms with E-state index in [0.717, 1.165) is 27.2 Å². The molecule has 0 aliphatic heterocycles. The van der Waals surface area contributed by atoms with Gasteiger partial charge in [0.15, 0.2) is 0 Å².